The van der Waals surface area contributed by atoms with Gasteiger partial charge in [-0.15, -0.1) is 0 Å². The normalized spacial score (nSPS) is 13.8. The van der Waals surface area contributed by atoms with Gasteiger partial charge in [0, 0.05) is 58.7 Å². The first-order valence-corrected chi connectivity index (χ1v) is 22.8. The van der Waals surface area contributed by atoms with Crippen molar-refractivity contribution >= 4 is 76.7 Å². The topological polar surface area (TPSA) is 400 Å². The molecule has 2 rings (SSSR count). The van der Waals surface area contributed by atoms with E-state index in [4.69, 9.17) is 33.9 Å². The largest absolute Gasteiger partial charge is 0.481 e. The van der Waals surface area contributed by atoms with Gasteiger partial charge < -0.3 is 68.7 Å². The van der Waals surface area contributed by atoms with Crippen molar-refractivity contribution in [2.75, 3.05) is 20.1 Å². The summed E-state index contributed by atoms with van der Waals surface area (Å²) >= 11 is 5.00. The van der Waals surface area contributed by atoms with Gasteiger partial charge in [0.15, 0.2) is 10.8 Å². The third kappa shape index (κ3) is 23.2. The molecule has 24 nitrogen and oxygen atoms in total. The minimum atomic E-state index is -2.28. The summed E-state index contributed by atoms with van der Waals surface area (Å²) in [5.41, 5.74) is 10.9. The molecule has 0 saturated carbocycles. The van der Waals surface area contributed by atoms with Gasteiger partial charge in [-0.1, -0.05) is 79.9 Å². The van der Waals surface area contributed by atoms with E-state index in [0.29, 0.717) is 37.7 Å². The Morgan fingerprint density at radius 3 is 1.70 bits per heavy atom. The van der Waals surface area contributed by atoms with Crippen molar-refractivity contribution in [2.45, 2.75) is 119 Å². The van der Waals surface area contributed by atoms with E-state index in [1.807, 2.05) is 0 Å². The van der Waals surface area contributed by atoms with Crippen LogP contribution in [0, 0.1) is 0 Å². The lowest BCUT2D eigenvalue weighted by molar-refractivity contribution is -0.145. The SMILES string of the molecule is CNC(=O)[C@H](CC(=O)O)NC(=O)[C@@H](N)CNC(=O)[C@H](Cc1ccccc1)NC(=O)[C@H](Cc1ccccc1)NC(=O)CCCCCCCNC(=O)CC[C@H](NC(=S)N[C@@](N)(CCC(=O)O)C(=O)O)C(=O)O. The highest BCUT2D eigenvalue weighted by molar-refractivity contribution is 7.80. The number of likely N-dealkylation sites (N-methyl/N-ethyl adjacent to an activating group) is 1. The van der Waals surface area contributed by atoms with Crippen molar-refractivity contribution in [1.29, 1.82) is 0 Å². The van der Waals surface area contributed by atoms with Crippen LogP contribution in [-0.4, -0.2) is 141 Å². The van der Waals surface area contributed by atoms with Crippen LogP contribution in [0.15, 0.2) is 60.7 Å². The zero-order valence-corrected chi connectivity index (χ0v) is 39.5. The fourth-order valence-corrected chi connectivity index (χ4v) is 6.96. The summed E-state index contributed by atoms with van der Waals surface area (Å²) in [4.78, 5) is 124. The summed E-state index contributed by atoms with van der Waals surface area (Å²) in [6, 6.07) is 11.2. The van der Waals surface area contributed by atoms with E-state index in [9.17, 15) is 58.2 Å². The van der Waals surface area contributed by atoms with Crippen LogP contribution >= 0.6 is 12.2 Å². The Balaban J connectivity index is 1.91. The maximum atomic E-state index is 13.9. The van der Waals surface area contributed by atoms with Crippen LogP contribution in [0.25, 0.3) is 0 Å². The predicted octanol–water partition coefficient (Wildman–Crippen LogP) is -1.65. The summed E-state index contributed by atoms with van der Waals surface area (Å²) in [7, 11) is 1.27. The summed E-state index contributed by atoms with van der Waals surface area (Å²) in [6.45, 7) is -0.143. The molecule has 25 heteroatoms. The maximum absolute atomic E-state index is 13.9. The number of unbranched alkanes of at least 4 members (excludes halogenated alkanes) is 4. The van der Waals surface area contributed by atoms with Gasteiger partial charge >= 0.3 is 23.9 Å². The molecule has 16 N–H and O–H groups in total. The number of carbonyl (C=O) groups is 10. The molecule has 0 bridgehead atoms. The number of amides is 6. The molecule has 0 unspecified atom stereocenters. The number of thiocarbonyl (C=S) groups is 1. The minimum absolute atomic E-state index is 0.0240. The number of carbonyl (C=O) groups excluding carboxylic acids is 6. The Kier molecular flexibility index (Phi) is 26.1. The highest BCUT2D eigenvalue weighted by Gasteiger charge is 2.36. The molecule has 70 heavy (non-hydrogen) atoms. The van der Waals surface area contributed by atoms with E-state index in [1.54, 1.807) is 60.7 Å². The summed E-state index contributed by atoms with van der Waals surface area (Å²) < 4.78 is 0. The molecule has 0 aromatic heterocycles. The Morgan fingerprint density at radius 2 is 1.16 bits per heavy atom. The molecule has 384 valence electrons. The van der Waals surface area contributed by atoms with Crippen molar-refractivity contribution in [3.05, 3.63) is 71.8 Å². The molecule has 6 atom stereocenters. The number of nitrogens with two attached hydrogens (primary N) is 2. The van der Waals surface area contributed by atoms with Gasteiger partial charge in [-0.25, -0.2) is 9.59 Å². The smallest absolute Gasteiger partial charge is 0.344 e. The molecule has 2 aromatic rings. The minimum Gasteiger partial charge on any atom is -0.481 e. The fourth-order valence-electron chi connectivity index (χ4n) is 6.63. The molecule has 0 saturated heterocycles. The van der Waals surface area contributed by atoms with E-state index in [1.165, 1.54) is 7.05 Å². The number of aliphatic carboxylic acids is 4. The van der Waals surface area contributed by atoms with Crippen molar-refractivity contribution in [3.63, 3.8) is 0 Å². The summed E-state index contributed by atoms with van der Waals surface area (Å²) in [5, 5.41) is 56.5. The van der Waals surface area contributed by atoms with Crippen LogP contribution in [0.5, 0.6) is 0 Å². The second kappa shape index (κ2) is 31.0. The molecule has 0 fully saturated rings. The monoisotopic (exact) mass is 1000 g/mol. The third-order valence-corrected chi connectivity index (χ3v) is 10.8. The molecule has 0 heterocycles. The van der Waals surface area contributed by atoms with Gasteiger partial charge in [0.1, 0.15) is 30.2 Å². The summed E-state index contributed by atoms with van der Waals surface area (Å²) in [5.74, 6) is -9.49. The Morgan fingerprint density at radius 1 is 0.600 bits per heavy atom. The van der Waals surface area contributed by atoms with E-state index < -0.39 is 126 Å². The lowest BCUT2D eigenvalue weighted by Crippen LogP contribution is -2.64. The number of carboxylic acids is 4. The first-order chi connectivity index (χ1) is 33.1. The molecule has 0 spiro atoms. The van der Waals surface area contributed by atoms with E-state index in [2.05, 4.69) is 42.5 Å². The number of nitrogens with one attached hydrogen (secondary N) is 8. The van der Waals surface area contributed by atoms with Crippen LogP contribution in [-0.2, 0) is 60.8 Å². The average Bonchev–Trinajstić information content (AvgIpc) is 3.31. The van der Waals surface area contributed by atoms with Crippen LogP contribution < -0.4 is 54.0 Å². The number of hydrogen-bond acceptors (Lipinski definition) is 13. The van der Waals surface area contributed by atoms with Crippen molar-refractivity contribution in [3.8, 4) is 0 Å². The van der Waals surface area contributed by atoms with Gasteiger partial charge in [0.05, 0.1) is 6.42 Å². The van der Waals surface area contributed by atoms with Crippen LogP contribution in [0.3, 0.4) is 0 Å². The molecule has 0 aliphatic heterocycles. The van der Waals surface area contributed by atoms with Crippen LogP contribution in [0.1, 0.15) is 81.8 Å². The van der Waals surface area contributed by atoms with E-state index in [0.717, 1.165) is 5.56 Å². The van der Waals surface area contributed by atoms with Crippen molar-refractivity contribution in [1.82, 2.24) is 42.5 Å². The molecule has 0 aliphatic carbocycles. The summed E-state index contributed by atoms with van der Waals surface area (Å²) in [6.07, 6.45) is 0.999. The number of hydrogen-bond donors (Lipinski definition) is 14. The second-order valence-electron chi connectivity index (χ2n) is 16.3. The molecular weight excluding hydrogens is 937 g/mol. The zero-order valence-electron chi connectivity index (χ0n) is 38.7. The van der Waals surface area contributed by atoms with Gasteiger partial charge in [0.2, 0.25) is 35.4 Å². The first kappa shape index (κ1) is 58.9. The Labute approximate surface area is 409 Å². The van der Waals surface area contributed by atoms with Crippen LogP contribution in [0.2, 0.25) is 0 Å². The Bertz CT molecular complexity index is 2120. The lowest BCUT2D eigenvalue weighted by atomic mass is 10.0. The quantitative estimate of drug-likeness (QED) is 0.0216. The van der Waals surface area contributed by atoms with E-state index >= 15 is 0 Å². The van der Waals surface area contributed by atoms with E-state index in [-0.39, 0.29) is 38.6 Å². The number of rotatable bonds is 33. The second-order valence-corrected chi connectivity index (χ2v) is 16.7. The average molecular weight is 1000 g/mol. The number of benzene rings is 2. The van der Waals surface area contributed by atoms with Gasteiger partial charge in [-0.05, 0) is 42.6 Å². The van der Waals surface area contributed by atoms with Gasteiger partial charge in [-0.3, -0.25) is 44.1 Å². The van der Waals surface area contributed by atoms with Crippen LogP contribution in [0.4, 0.5) is 0 Å². The highest BCUT2D eigenvalue weighted by Crippen LogP contribution is 2.11. The van der Waals surface area contributed by atoms with Gasteiger partial charge in [-0.2, -0.15) is 0 Å². The molecule has 6 amide bonds. The number of carboxylic acid groups (broad SMARTS) is 4. The third-order valence-electron chi connectivity index (χ3n) is 10.6. The predicted molar refractivity (Wildman–Crippen MR) is 255 cm³/mol. The Hall–Kier alpha value is -7.25. The zero-order chi connectivity index (χ0) is 52.2. The maximum Gasteiger partial charge on any atom is 0.344 e. The van der Waals surface area contributed by atoms with Gasteiger partial charge in [0.25, 0.3) is 0 Å². The molecule has 0 radical (unpaired) electrons. The molecule has 0 aliphatic rings. The van der Waals surface area contributed by atoms with Crippen molar-refractivity contribution in [2.24, 2.45) is 11.5 Å². The van der Waals surface area contributed by atoms with Crippen molar-refractivity contribution < 1.29 is 68.4 Å². The lowest BCUT2D eigenvalue weighted by Gasteiger charge is -2.28. The molecular formula is C45H64N10O14S. The first-order valence-electron chi connectivity index (χ1n) is 22.4. The molecule has 2 aromatic carbocycles. The highest BCUT2D eigenvalue weighted by atomic mass is 32.1. The fraction of sp³-hybridized carbons (Fsp3) is 0.489. The standard InChI is InChI=1S/C45H64N10O14S/c1-48-39(63)33(25-37(60)61)52-38(62)29(46)26-50-40(64)31(23-27-13-7-5-8-14-27)53-41(65)32(24-28-15-9-6-10-16-28)51-35(57)17-11-3-2-4-12-22-49-34(56)19-18-30(42(66)67)54-44(70)55-45(47,43(68)69)21-20-36(58)59/h5-10,13-16,29-33H,2-4,11-12,17-26,46-47H2,1H3,(H,48,63)(H,49,56)(H,50,64)(H,51,57)(H,52,62)(H,53,65)(H,58,59)(H,60,61)(H,66,67)(H,68,69)(H2,54,55,70)/t29-,30-,31-,32-,33-,45-/m0/s1.